The molecule has 0 radical (unpaired) electrons. The number of aromatic amines is 1. The molecule has 0 aliphatic carbocycles. The first kappa shape index (κ1) is 14.5. The van der Waals surface area contributed by atoms with Crippen molar-refractivity contribution in [3.8, 4) is 17.2 Å². The molecule has 0 aliphatic rings. The molecule has 1 aromatic carbocycles. The van der Waals surface area contributed by atoms with Gasteiger partial charge >= 0.3 is 6.03 Å². The maximum atomic E-state index is 11.6. The summed E-state index contributed by atoms with van der Waals surface area (Å²) in [6.45, 7) is 2.34. The molecule has 0 fully saturated rings. The van der Waals surface area contributed by atoms with Gasteiger partial charge in [-0.1, -0.05) is 6.07 Å². The van der Waals surface area contributed by atoms with Gasteiger partial charge in [-0.3, -0.25) is 10.3 Å². The van der Waals surface area contributed by atoms with Gasteiger partial charge in [0.2, 0.25) is 5.95 Å². The van der Waals surface area contributed by atoms with E-state index in [1.54, 1.807) is 18.5 Å². The predicted octanol–water partition coefficient (Wildman–Crippen LogP) is 2.64. The van der Waals surface area contributed by atoms with E-state index in [-0.39, 0.29) is 6.03 Å². The number of imidazole rings is 1. The van der Waals surface area contributed by atoms with E-state index in [0.29, 0.717) is 29.1 Å². The van der Waals surface area contributed by atoms with Crippen LogP contribution in [0.4, 0.5) is 10.7 Å². The number of benzene rings is 1. The average molecular weight is 306 g/mol. The van der Waals surface area contributed by atoms with E-state index >= 15 is 0 Å². The highest BCUT2D eigenvalue weighted by atomic mass is 16.2. The molecular formula is C16H14N6O. The van der Waals surface area contributed by atoms with Crippen molar-refractivity contribution in [2.24, 2.45) is 0 Å². The average Bonchev–Trinajstić information content (AvgIpc) is 2.97. The summed E-state index contributed by atoms with van der Waals surface area (Å²) in [5.41, 5.74) is 3.39. The highest BCUT2D eigenvalue weighted by Crippen LogP contribution is 2.26. The van der Waals surface area contributed by atoms with E-state index in [0.717, 1.165) is 11.1 Å². The number of nitriles is 1. The minimum absolute atomic E-state index is 0.297. The third kappa shape index (κ3) is 2.96. The molecule has 0 unspecified atom stereocenters. The van der Waals surface area contributed by atoms with Crippen LogP contribution in [0.3, 0.4) is 0 Å². The Morgan fingerprint density at radius 1 is 1.39 bits per heavy atom. The lowest BCUT2D eigenvalue weighted by molar-refractivity contribution is 0.252. The molecule has 0 saturated heterocycles. The predicted molar refractivity (Wildman–Crippen MR) is 86.7 cm³/mol. The highest BCUT2D eigenvalue weighted by molar-refractivity contribution is 5.92. The van der Waals surface area contributed by atoms with Crippen LogP contribution in [-0.2, 0) is 0 Å². The zero-order chi connectivity index (χ0) is 16.2. The van der Waals surface area contributed by atoms with Crippen molar-refractivity contribution < 1.29 is 4.79 Å². The van der Waals surface area contributed by atoms with Gasteiger partial charge in [0.15, 0.2) is 0 Å². The van der Waals surface area contributed by atoms with Crippen molar-refractivity contribution in [1.82, 2.24) is 20.3 Å². The van der Waals surface area contributed by atoms with Crippen LogP contribution in [0.1, 0.15) is 12.5 Å². The first-order valence-electron chi connectivity index (χ1n) is 7.10. The fourth-order valence-electron chi connectivity index (χ4n) is 2.27. The Kier molecular flexibility index (Phi) is 3.89. The first-order chi connectivity index (χ1) is 11.2. The van der Waals surface area contributed by atoms with E-state index in [1.165, 1.54) is 0 Å². The number of rotatable bonds is 3. The summed E-state index contributed by atoms with van der Waals surface area (Å²) in [6.07, 6.45) is 3.42. The van der Waals surface area contributed by atoms with Crippen LogP contribution in [-0.4, -0.2) is 27.5 Å². The number of hydrogen-bond donors (Lipinski definition) is 3. The number of urea groups is 1. The molecular weight excluding hydrogens is 292 g/mol. The van der Waals surface area contributed by atoms with Gasteiger partial charge in [-0.2, -0.15) is 5.26 Å². The summed E-state index contributed by atoms with van der Waals surface area (Å²) in [5.74, 6) is 0.297. The number of amides is 2. The lowest BCUT2D eigenvalue weighted by atomic mass is 10.0. The molecule has 0 spiro atoms. The number of H-pyrrole nitrogens is 1. The Balaban J connectivity index is 2.04. The summed E-state index contributed by atoms with van der Waals surface area (Å²) in [5, 5.41) is 14.6. The molecule has 2 aromatic heterocycles. The number of hydrogen-bond acceptors (Lipinski definition) is 4. The van der Waals surface area contributed by atoms with Gasteiger partial charge in [-0.05, 0) is 30.7 Å². The van der Waals surface area contributed by atoms with Gasteiger partial charge in [0.25, 0.3) is 0 Å². The molecule has 2 heterocycles. The summed E-state index contributed by atoms with van der Waals surface area (Å²) in [6, 6.07) is 9.18. The van der Waals surface area contributed by atoms with Crippen molar-refractivity contribution in [3.63, 3.8) is 0 Å². The number of fused-ring (bicyclic) bond motifs is 1. The smallest absolute Gasteiger partial charge is 0.321 e. The van der Waals surface area contributed by atoms with E-state index in [1.807, 2.05) is 25.1 Å². The van der Waals surface area contributed by atoms with Gasteiger partial charge < -0.3 is 10.3 Å². The molecule has 3 N–H and O–H groups in total. The second-order valence-electron chi connectivity index (χ2n) is 4.84. The number of nitrogens with zero attached hydrogens (tertiary/aromatic N) is 3. The van der Waals surface area contributed by atoms with Crippen molar-refractivity contribution in [2.45, 2.75) is 6.92 Å². The van der Waals surface area contributed by atoms with Gasteiger partial charge in [-0.25, -0.2) is 9.78 Å². The number of aromatic nitrogens is 3. The molecule has 3 rings (SSSR count). The molecule has 0 saturated carbocycles. The zero-order valence-electron chi connectivity index (χ0n) is 12.4. The van der Waals surface area contributed by atoms with E-state index in [9.17, 15) is 10.1 Å². The Labute approximate surface area is 132 Å². The first-order valence-corrected chi connectivity index (χ1v) is 7.10. The summed E-state index contributed by atoms with van der Waals surface area (Å²) in [7, 11) is 0. The summed E-state index contributed by atoms with van der Waals surface area (Å²) in [4.78, 5) is 23.0. The second kappa shape index (κ2) is 6.15. The van der Waals surface area contributed by atoms with Gasteiger partial charge in [-0.15, -0.1) is 0 Å². The van der Waals surface area contributed by atoms with Crippen molar-refractivity contribution in [2.75, 3.05) is 11.9 Å². The van der Waals surface area contributed by atoms with Crippen molar-refractivity contribution >= 4 is 23.0 Å². The maximum absolute atomic E-state index is 11.6. The third-order valence-corrected chi connectivity index (χ3v) is 3.27. The topological polar surface area (TPSA) is 106 Å². The number of anilines is 1. The number of nitrogens with one attached hydrogen (secondary N) is 3. The quantitative estimate of drug-likeness (QED) is 0.691. The van der Waals surface area contributed by atoms with Crippen molar-refractivity contribution in [1.29, 1.82) is 5.26 Å². The Morgan fingerprint density at radius 2 is 2.26 bits per heavy atom. The van der Waals surface area contributed by atoms with E-state index in [2.05, 4.69) is 31.7 Å². The number of carbonyl (C=O) groups is 1. The van der Waals surface area contributed by atoms with Gasteiger partial charge in [0.05, 0.1) is 11.1 Å². The molecule has 3 aromatic rings. The Bertz CT molecular complexity index is 894. The normalized spacial score (nSPS) is 10.3. The standard InChI is InChI=1S/C16H14N6O/c1-2-19-16(23)22-15-20-13-7-11(10-4-3-5-18-9-10)6-12(8-17)14(13)21-15/h3-7,9H,2H2,1H3,(H3,19,20,21,22,23). The third-order valence-electron chi connectivity index (χ3n) is 3.27. The molecule has 114 valence electrons. The van der Waals surface area contributed by atoms with Gasteiger partial charge in [0.1, 0.15) is 11.6 Å². The minimum Gasteiger partial charge on any atom is -0.338 e. The van der Waals surface area contributed by atoms with Gasteiger partial charge in [0, 0.05) is 24.5 Å². The lowest BCUT2D eigenvalue weighted by Crippen LogP contribution is -2.28. The van der Waals surface area contributed by atoms with Crippen LogP contribution in [0, 0.1) is 11.3 Å². The molecule has 23 heavy (non-hydrogen) atoms. The fourth-order valence-corrected chi connectivity index (χ4v) is 2.27. The SMILES string of the molecule is CCNC(=O)Nc1nc2c(C#N)cc(-c3cccnc3)cc2[nH]1. The van der Waals surface area contributed by atoms with Crippen LogP contribution >= 0.6 is 0 Å². The Morgan fingerprint density at radius 3 is 2.96 bits per heavy atom. The van der Waals surface area contributed by atoms with Crippen LogP contribution < -0.4 is 10.6 Å². The largest absolute Gasteiger partial charge is 0.338 e. The van der Waals surface area contributed by atoms with E-state index in [4.69, 9.17) is 0 Å². The van der Waals surface area contributed by atoms with Crippen LogP contribution in [0.2, 0.25) is 0 Å². The number of pyridine rings is 1. The molecule has 0 aliphatic heterocycles. The molecule has 7 nitrogen and oxygen atoms in total. The number of carbonyl (C=O) groups excluding carboxylic acids is 1. The second-order valence-corrected chi connectivity index (χ2v) is 4.84. The molecule has 2 amide bonds. The highest BCUT2D eigenvalue weighted by Gasteiger charge is 2.12. The molecule has 7 heteroatoms. The fraction of sp³-hybridized carbons (Fsp3) is 0.125. The van der Waals surface area contributed by atoms with Crippen LogP contribution in [0.25, 0.3) is 22.2 Å². The monoisotopic (exact) mass is 306 g/mol. The lowest BCUT2D eigenvalue weighted by Gasteiger charge is -2.02. The maximum Gasteiger partial charge on any atom is 0.321 e. The van der Waals surface area contributed by atoms with Crippen molar-refractivity contribution in [3.05, 3.63) is 42.2 Å². The van der Waals surface area contributed by atoms with E-state index < -0.39 is 0 Å². The summed E-state index contributed by atoms with van der Waals surface area (Å²) < 4.78 is 0. The summed E-state index contributed by atoms with van der Waals surface area (Å²) >= 11 is 0. The molecule has 0 bridgehead atoms. The van der Waals surface area contributed by atoms with Crippen LogP contribution in [0.5, 0.6) is 0 Å². The Hall–Kier alpha value is -3.40. The van der Waals surface area contributed by atoms with Crippen LogP contribution in [0.15, 0.2) is 36.7 Å². The zero-order valence-corrected chi connectivity index (χ0v) is 12.4. The molecule has 0 atom stereocenters. The minimum atomic E-state index is -0.349.